The molecule has 0 heterocycles. The van der Waals surface area contributed by atoms with Crippen molar-refractivity contribution in [3.05, 3.63) is 0 Å². The summed E-state index contributed by atoms with van der Waals surface area (Å²) in [4.78, 5) is 19.8. The van der Waals surface area contributed by atoms with Crippen molar-refractivity contribution in [3.63, 3.8) is 0 Å². The first-order valence-electron chi connectivity index (χ1n) is 4.84. The van der Waals surface area contributed by atoms with E-state index in [1.54, 1.807) is 0 Å². The average Bonchev–Trinajstić information content (AvgIpc) is 2.13. The van der Waals surface area contributed by atoms with Crippen LogP contribution in [0.4, 0.5) is 0 Å². The molecule has 0 atom stereocenters. The van der Waals surface area contributed by atoms with Gasteiger partial charge in [0.05, 0.1) is 6.17 Å². The van der Waals surface area contributed by atoms with Crippen LogP contribution < -0.4 is 11.5 Å². The van der Waals surface area contributed by atoms with Crippen LogP contribution in [0.5, 0.6) is 0 Å². The van der Waals surface area contributed by atoms with E-state index < -0.39 is 11.9 Å². The normalized spacial score (nSPS) is 9.33. The molecule has 0 aliphatic carbocycles. The number of carbonyl (C=O) groups is 2. The van der Waals surface area contributed by atoms with Crippen LogP contribution in [0.3, 0.4) is 0 Å². The summed E-state index contributed by atoms with van der Waals surface area (Å²) >= 11 is 0. The van der Waals surface area contributed by atoms with Gasteiger partial charge in [-0.05, 0) is 19.3 Å². The zero-order valence-electron chi connectivity index (χ0n) is 8.98. The SMILES string of the molecule is CCC(N)N.O=C(O)CCCCC(=O)O. The van der Waals surface area contributed by atoms with Crippen LogP contribution in [0.25, 0.3) is 0 Å². The van der Waals surface area contributed by atoms with E-state index in [-0.39, 0.29) is 19.0 Å². The minimum Gasteiger partial charge on any atom is -0.481 e. The Kier molecular flexibility index (Phi) is 11.9. The molecular formula is C9H20N2O4. The number of rotatable bonds is 6. The molecule has 0 fully saturated rings. The maximum atomic E-state index is 9.90. The Balaban J connectivity index is 0. The van der Waals surface area contributed by atoms with Crippen LogP contribution >= 0.6 is 0 Å². The second-order valence-electron chi connectivity index (χ2n) is 3.07. The zero-order valence-corrected chi connectivity index (χ0v) is 8.98. The summed E-state index contributed by atoms with van der Waals surface area (Å²) in [6.45, 7) is 1.95. The predicted molar refractivity (Wildman–Crippen MR) is 56.2 cm³/mol. The van der Waals surface area contributed by atoms with Crippen molar-refractivity contribution in [3.8, 4) is 0 Å². The fourth-order valence-electron chi connectivity index (χ4n) is 0.552. The number of hydrogen-bond acceptors (Lipinski definition) is 4. The molecule has 0 aliphatic rings. The van der Waals surface area contributed by atoms with Crippen LogP contribution in [0.2, 0.25) is 0 Å². The number of carboxylic acids is 2. The molecule has 6 N–H and O–H groups in total. The molecule has 0 aromatic rings. The highest BCUT2D eigenvalue weighted by Crippen LogP contribution is 1.98. The van der Waals surface area contributed by atoms with Gasteiger partial charge in [-0.1, -0.05) is 6.92 Å². The molecule has 0 aromatic carbocycles. The van der Waals surface area contributed by atoms with Gasteiger partial charge in [0.15, 0.2) is 0 Å². The van der Waals surface area contributed by atoms with Gasteiger partial charge < -0.3 is 21.7 Å². The van der Waals surface area contributed by atoms with Gasteiger partial charge in [0.25, 0.3) is 0 Å². The molecular weight excluding hydrogens is 200 g/mol. The van der Waals surface area contributed by atoms with Crippen LogP contribution in [-0.4, -0.2) is 28.3 Å². The molecule has 15 heavy (non-hydrogen) atoms. The van der Waals surface area contributed by atoms with Crippen molar-refractivity contribution < 1.29 is 19.8 Å². The van der Waals surface area contributed by atoms with Gasteiger partial charge in [-0.3, -0.25) is 9.59 Å². The van der Waals surface area contributed by atoms with E-state index in [0.29, 0.717) is 12.8 Å². The standard InChI is InChI=1S/C6H10O4.C3H10N2/c7-5(8)3-1-2-4-6(9)10;1-2-3(4)5/h1-4H2,(H,7,8)(H,9,10);3H,2,4-5H2,1H3. The first kappa shape index (κ1) is 16.3. The summed E-state index contributed by atoms with van der Waals surface area (Å²) in [7, 11) is 0. The van der Waals surface area contributed by atoms with Crippen molar-refractivity contribution in [2.24, 2.45) is 11.5 Å². The predicted octanol–water partition coefficient (Wildman–Crippen LogP) is 0.356. The first-order valence-corrected chi connectivity index (χ1v) is 4.84. The van der Waals surface area contributed by atoms with Gasteiger partial charge >= 0.3 is 11.9 Å². The number of unbranched alkanes of at least 4 members (excludes halogenated alkanes) is 1. The number of carboxylic acid groups (broad SMARTS) is 2. The van der Waals surface area contributed by atoms with E-state index >= 15 is 0 Å². The lowest BCUT2D eigenvalue weighted by atomic mass is 10.2. The van der Waals surface area contributed by atoms with Crippen molar-refractivity contribution in [1.82, 2.24) is 0 Å². The minimum atomic E-state index is -0.870. The molecule has 6 nitrogen and oxygen atoms in total. The fourth-order valence-corrected chi connectivity index (χ4v) is 0.552. The highest BCUT2D eigenvalue weighted by molar-refractivity contribution is 5.67. The van der Waals surface area contributed by atoms with Crippen LogP contribution in [0, 0.1) is 0 Å². The summed E-state index contributed by atoms with van der Waals surface area (Å²) in [6, 6.07) is 0. The largest absolute Gasteiger partial charge is 0.481 e. The molecule has 0 saturated heterocycles. The Bertz CT molecular complexity index is 167. The van der Waals surface area contributed by atoms with Crippen molar-refractivity contribution in [1.29, 1.82) is 0 Å². The topological polar surface area (TPSA) is 127 Å². The van der Waals surface area contributed by atoms with Crippen molar-refractivity contribution >= 4 is 11.9 Å². The molecule has 0 radical (unpaired) electrons. The third-order valence-electron chi connectivity index (χ3n) is 1.50. The first-order chi connectivity index (χ1) is 6.90. The highest BCUT2D eigenvalue weighted by Gasteiger charge is 1.99. The van der Waals surface area contributed by atoms with E-state index in [1.165, 1.54) is 0 Å². The molecule has 0 amide bonds. The number of nitrogens with two attached hydrogens (primary N) is 2. The maximum absolute atomic E-state index is 9.90. The van der Waals surface area contributed by atoms with Gasteiger partial charge in [-0.25, -0.2) is 0 Å². The van der Waals surface area contributed by atoms with Crippen LogP contribution in [0.1, 0.15) is 39.0 Å². The Morgan fingerprint density at radius 3 is 1.47 bits per heavy atom. The number of aliphatic carboxylic acids is 2. The molecule has 0 unspecified atom stereocenters. The monoisotopic (exact) mass is 220 g/mol. The molecule has 0 bridgehead atoms. The summed E-state index contributed by atoms with van der Waals surface area (Å²) in [5, 5.41) is 16.3. The third-order valence-corrected chi connectivity index (χ3v) is 1.50. The van der Waals surface area contributed by atoms with Crippen LogP contribution in [-0.2, 0) is 9.59 Å². The Morgan fingerprint density at radius 1 is 1.07 bits per heavy atom. The van der Waals surface area contributed by atoms with Gasteiger partial charge in [-0.2, -0.15) is 0 Å². The second-order valence-corrected chi connectivity index (χ2v) is 3.07. The highest BCUT2D eigenvalue weighted by atomic mass is 16.4. The lowest BCUT2D eigenvalue weighted by Gasteiger charge is -1.92. The Labute approximate surface area is 89.3 Å². The fraction of sp³-hybridized carbons (Fsp3) is 0.778. The molecule has 0 rings (SSSR count). The Morgan fingerprint density at radius 2 is 1.33 bits per heavy atom. The maximum Gasteiger partial charge on any atom is 0.303 e. The van der Waals surface area contributed by atoms with E-state index in [2.05, 4.69) is 0 Å². The molecule has 6 heteroatoms. The van der Waals surface area contributed by atoms with Crippen LogP contribution in [0.15, 0.2) is 0 Å². The van der Waals surface area contributed by atoms with E-state index in [1.807, 2.05) is 6.92 Å². The summed E-state index contributed by atoms with van der Waals surface area (Å²) < 4.78 is 0. The van der Waals surface area contributed by atoms with Crippen molar-refractivity contribution in [2.75, 3.05) is 0 Å². The molecule has 0 spiro atoms. The molecule has 0 aliphatic heterocycles. The van der Waals surface area contributed by atoms with Gasteiger partial charge in [0.1, 0.15) is 0 Å². The average molecular weight is 220 g/mol. The summed E-state index contributed by atoms with van der Waals surface area (Å²) in [6.07, 6.45) is 1.76. The molecule has 0 saturated carbocycles. The van der Waals surface area contributed by atoms with Gasteiger partial charge in [-0.15, -0.1) is 0 Å². The zero-order chi connectivity index (χ0) is 12.3. The smallest absolute Gasteiger partial charge is 0.303 e. The van der Waals surface area contributed by atoms with E-state index in [0.717, 1.165) is 6.42 Å². The lowest BCUT2D eigenvalue weighted by molar-refractivity contribution is -0.139. The van der Waals surface area contributed by atoms with Crippen molar-refractivity contribution in [2.45, 2.75) is 45.2 Å². The third kappa shape index (κ3) is 24.6. The Hall–Kier alpha value is -1.14. The van der Waals surface area contributed by atoms with E-state index in [9.17, 15) is 9.59 Å². The van der Waals surface area contributed by atoms with Gasteiger partial charge in [0, 0.05) is 12.8 Å². The summed E-state index contributed by atoms with van der Waals surface area (Å²) in [5.41, 5.74) is 10.1. The molecule has 90 valence electrons. The quantitative estimate of drug-likeness (QED) is 0.378. The summed E-state index contributed by atoms with van der Waals surface area (Å²) in [5.74, 6) is -1.74. The second kappa shape index (κ2) is 10.9. The van der Waals surface area contributed by atoms with Gasteiger partial charge in [0.2, 0.25) is 0 Å². The lowest BCUT2D eigenvalue weighted by Crippen LogP contribution is -2.28. The number of hydrogen-bond donors (Lipinski definition) is 4. The van der Waals surface area contributed by atoms with E-state index in [4.69, 9.17) is 21.7 Å². The molecule has 0 aromatic heterocycles. The minimum absolute atomic E-state index is 0.0628.